The van der Waals surface area contributed by atoms with Gasteiger partial charge in [0, 0.05) is 0 Å². The number of rotatable bonds is 3. The number of fused-ring (bicyclic) bond motifs is 2. The third-order valence-electron chi connectivity index (χ3n) is 4.06. The minimum Gasteiger partial charge on any atom is -0.481 e. The van der Waals surface area contributed by atoms with Crippen molar-refractivity contribution in [2.24, 2.45) is 11.3 Å². The molecule has 2 fully saturated rings. The Kier molecular flexibility index (Phi) is 3.20. The second kappa shape index (κ2) is 4.24. The van der Waals surface area contributed by atoms with E-state index >= 15 is 0 Å². The van der Waals surface area contributed by atoms with Crippen molar-refractivity contribution in [3.05, 3.63) is 0 Å². The lowest BCUT2D eigenvalue weighted by Gasteiger charge is -2.46. The fraction of sp³-hybridized carbons (Fsp3) is 0.909. The zero-order valence-corrected chi connectivity index (χ0v) is 10.7. The van der Waals surface area contributed by atoms with Crippen molar-refractivity contribution in [2.45, 2.75) is 44.6 Å². The molecule has 0 aromatic heterocycles. The summed E-state index contributed by atoms with van der Waals surface area (Å²) in [6.07, 6.45) is 4.69. The number of carboxylic acid groups (broad SMARTS) is 1. The predicted octanol–water partition coefficient (Wildman–Crippen LogP) is 1.39. The van der Waals surface area contributed by atoms with Gasteiger partial charge in [0.05, 0.1) is 17.8 Å². The molecule has 0 heterocycles. The third kappa shape index (κ3) is 2.47. The number of carboxylic acids is 1. The Bertz CT molecular complexity index is 416. The van der Waals surface area contributed by atoms with Crippen LogP contribution in [0.2, 0.25) is 0 Å². The van der Waals surface area contributed by atoms with Gasteiger partial charge in [-0.25, -0.2) is 0 Å². The summed E-state index contributed by atoms with van der Waals surface area (Å²) in [5.74, 6) is -0.491. The maximum atomic E-state index is 11.5. The highest BCUT2D eigenvalue weighted by molar-refractivity contribution is 7.86. The van der Waals surface area contributed by atoms with Crippen LogP contribution in [0.5, 0.6) is 0 Å². The predicted molar refractivity (Wildman–Crippen MR) is 61.0 cm³/mol. The van der Waals surface area contributed by atoms with Crippen molar-refractivity contribution in [1.82, 2.24) is 0 Å². The van der Waals surface area contributed by atoms with Gasteiger partial charge in [-0.05, 0) is 31.6 Å². The van der Waals surface area contributed by atoms with E-state index in [2.05, 4.69) is 0 Å². The van der Waals surface area contributed by atoms with Gasteiger partial charge in [0.15, 0.2) is 0 Å². The minimum absolute atomic E-state index is 0.416. The molecule has 98 valence electrons. The fourth-order valence-corrected chi connectivity index (χ4v) is 4.01. The van der Waals surface area contributed by atoms with Crippen molar-refractivity contribution in [2.75, 3.05) is 6.26 Å². The Morgan fingerprint density at radius 3 is 2.65 bits per heavy atom. The largest absolute Gasteiger partial charge is 0.481 e. The van der Waals surface area contributed by atoms with Crippen LogP contribution in [0.4, 0.5) is 0 Å². The first kappa shape index (κ1) is 12.8. The van der Waals surface area contributed by atoms with Gasteiger partial charge in [-0.1, -0.05) is 12.8 Å². The zero-order chi connectivity index (χ0) is 12.7. The van der Waals surface area contributed by atoms with E-state index < -0.39 is 27.6 Å². The molecule has 0 radical (unpaired) electrons. The van der Waals surface area contributed by atoms with Gasteiger partial charge >= 0.3 is 5.97 Å². The Labute approximate surface area is 101 Å². The standard InChI is InChI=1S/C11H18O5S/c1-17(14,15)16-9-5-4-8-3-2-6-11(9,7-8)10(12)13/h8-9H,2-7H2,1H3,(H,12,13)/t8-,9+,11-/m0/s1. The van der Waals surface area contributed by atoms with E-state index in [-0.39, 0.29) is 0 Å². The van der Waals surface area contributed by atoms with E-state index in [0.717, 1.165) is 25.5 Å². The van der Waals surface area contributed by atoms with Crippen LogP contribution in [-0.2, 0) is 19.1 Å². The number of hydrogen-bond acceptors (Lipinski definition) is 4. The molecule has 2 bridgehead atoms. The second-order valence-electron chi connectivity index (χ2n) is 5.29. The first-order chi connectivity index (χ1) is 7.83. The maximum absolute atomic E-state index is 11.5. The summed E-state index contributed by atoms with van der Waals surface area (Å²) >= 11 is 0. The Hall–Kier alpha value is -0.620. The molecule has 0 aromatic rings. The summed E-state index contributed by atoms with van der Waals surface area (Å²) < 4.78 is 27.4. The molecule has 0 aromatic carbocycles. The van der Waals surface area contributed by atoms with Gasteiger partial charge in [-0.2, -0.15) is 8.42 Å². The van der Waals surface area contributed by atoms with Crippen molar-refractivity contribution in [3.8, 4) is 0 Å². The normalized spacial score (nSPS) is 37.7. The van der Waals surface area contributed by atoms with Crippen molar-refractivity contribution in [3.63, 3.8) is 0 Å². The topological polar surface area (TPSA) is 80.7 Å². The summed E-state index contributed by atoms with van der Waals surface area (Å²) in [6, 6.07) is 0. The van der Waals surface area contributed by atoms with Gasteiger partial charge in [-0.15, -0.1) is 0 Å². The number of carbonyl (C=O) groups is 1. The zero-order valence-electron chi connectivity index (χ0n) is 9.89. The van der Waals surface area contributed by atoms with E-state index in [1.54, 1.807) is 0 Å². The Balaban J connectivity index is 2.27. The molecule has 2 aliphatic carbocycles. The molecule has 1 N–H and O–H groups in total. The lowest BCUT2D eigenvalue weighted by Crippen LogP contribution is -2.51. The van der Waals surface area contributed by atoms with Crippen LogP contribution in [0.1, 0.15) is 38.5 Å². The van der Waals surface area contributed by atoms with Gasteiger partial charge in [0.2, 0.25) is 0 Å². The van der Waals surface area contributed by atoms with Crippen LogP contribution in [0.25, 0.3) is 0 Å². The van der Waals surface area contributed by atoms with Gasteiger partial charge in [0.1, 0.15) is 0 Å². The molecule has 0 aliphatic heterocycles. The molecule has 0 spiro atoms. The minimum atomic E-state index is -3.60. The van der Waals surface area contributed by atoms with E-state index in [1.807, 2.05) is 0 Å². The smallest absolute Gasteiger partial charge is 0.312 e. The molecule has 0 amide bonds. The average Bonchev–Trinajstić information content (AvgIpc) is 2.21. The highest BCUT2D eigenvalue weighted by Gasteiger charge is 2.53. The molecular weight excluding hydrogens is 244 g/mol. The van der Waals surface area contributed by atoms with Crippen molar-refractivity contribution >= 4 is 16.1 Å². The SMILES string of the molecule is CS(=O)(=O)O[C@@H]1CC[C@@H]2CCC[C@]1(C(=O)O)C2. The van der Waals surface area contributed by atoms with Crippen LogP contribution < -0.4 is 0 Å². The number of aliphatic carboxylic acids is 1. The first-order valence-corrected chi connectivity index (χ1v) is 7.77. The molecular formula is C11H18O5S. The molecule has 5 nitrogen and oxygen atoms in total. The maximum Gasteiger partial charge on any atom is 0.312 e. The van der Waals surface area contributed by atoms with E-state index in [0.29, 0.717) is 25.2 Å². The summed E-state index contributed by atoms with van der Waals surface area (Å²) in [5, 5.41) is 9.43. The first-order valence-electron chi connectivity index (χ1n) is 5.95. The van der Waals surface area contributed by atoms with E-state index in [1.165, 1.54) is 0 Å². The van der Waals surface area contributed by atoms with Crippen LogP contribution in [0, 0.1) is 11.3 Å². The monoisotopic (exact) mass is 262 g/mol. The quantitative estimate of drug-likeness (QED) is 0.777. The molecule has 0 saturated heterocycles. The molecule has 0 unspecified atom stereocenters. The Morgan fingerprint density at radius 1 is 1.35 bits per heavy atom. The van der Waals surface area contributed by atoms with Gasteiger partial charge in [0.25, 0.3) is 10.1 Å². The molecule has 3 atom stereocenters. The second-order valence-corrected chi connectivity index (χ2v) is 6.89. The van der Waals surface area contributed by atoms with Crippen LogP contribution >= 0.6 is 0 Å². The highest BCUT2D eigenvalue weighted by Crippen LogP contribution is 2.50. The van der Waals surface area contributed by atoms with Crippen LogP contribution in [0.15, 0.2) is 0 Å². The molecule has 2 saturated carbocycles. The number of hydrogen-bond donors (Lipinski definition) is 1. The Morgan fingerprint density at radius 2 is 2.06 bits per heavy atom. The summed E-state index contributed by atoms with van der Waals surface area (Å²) in [7, 11) is -3.60. The van der Waals surface area contributed by atoms with Crippen molar-refractivity contribution < 1.29 is 22.5 Å². The lowest BCUT2D eigenvalue weighted by atomic mass is 9.60. The fourth-order valence-electron chi connectivity index (χ4n) is 3.31. The third-order valence-corrected chi connectivity index (χ3v) is 4.64. The summed E-state index contributed by atoms with van der Waals surface area (Å²) in [5.41, 5.74) is -0.982. The van der Waals surface area contributed by atoms with E-state index in [9.17, 15) is 18.3 Å². The lowest BCUT2D eigenvalue weighted by molar-refractivity contribution is -0.164. The summed E-state index contributed by atoms with van der Waals surface area (Å²) in [4.78, 5) is 11.5. The van der Waals surface area contributed by atoms with Gasteiger partial charge < -0.3 is 5.11 Å². The average molecular weight is 262 g/mol. The molecule has 17 heavy (non-hydrogen) atoms. The van der Waals surface area contributed by atoms with Crippen LogP contribution in [-0.4, -0.2) is 31.9 Å². The van der Waals surface area contributed by atoms with Gasteiger partial charge in [-0.3, -0.25) is 8.98 Å². The van der Waals surface area contributed by atoms with E-state index in [4.69, 9.17) is 4.18 Å². The molecule has 2 aliphatic rings. The summed E-state index contributed by atoms with van der Waals surface area (Å²) in [6.45, 7) is 0. The van der Waals surface area contributed by atoms with Crippen LogP contribution in [0.3, 0.4) is 0 Å². The highest BCUT2D eigenvalue weighted by atomic mass is 32.2. The molecule has 2 rings (SSSR count). The molecule has 6 heteroatoms. The van der Waals surface area contributed by atoms with Crippen molar-refractivity contribution in [1.29, 1.82) is 0 Å².